The van der Waals surface area contributed by atoms with E-state index in [4.69, 9.17) is 65.1 Å². The number of aromatic carboxylic acids is 7. The topological polar surface area (TPSA) is 547 Å². The van der Waals surface area contributed by atoms with Crippen molar-refractivity contribution >= 4 is 59.7 Å². The molecule has 3 unspecified atom stereocenters. The van der Waals surface area contributed by atoms with E-state index in [1.165, 1.54) is 18.4 Å². The first-order valence-corrected chi connectivity index (χ1v) is 16.4. The number of hydrogen-bond acceptors (Lipinski definition) is 16. The number of furan rings is 4. The molecule has 0 bridgehead atoms. The summed E-state index contributed by atoms with van der Waals surface area (Å²) in [7, 11) is 0. The van der Waals surface area contributed by atoms with E-state index in [2.05, 4.69) is 35.7 Å². The van der Waals surface area contributed by atoms with Crippen molar-refractivity contribution in [2.24, 2.45) is 0 Å². The zero-order chi connectivity index (χ0) is 49.7. The molecule has 2 fully saturated rings. The van der Waals surface area contributed by atoms with Gasteiger partial charge in [-0.1, -0.05) is 66.8 Å². The zero-order valence-corrected chi connectivity index (χ0v) is 32.8. The molecule has 2 saturated heterocycles. The molecule has 4 aromatic heterocycles. The number of aliphatic carboxylic acids is 3. The van der Waals surface area contributed by atoms with Crippen LogP contribution in [0.5, 0.6) is 0 Å². The molecule has 6 rings (SSSR count). The van der Waals surface area contributed by atoms with E-state index in [1.807, 2.05) is 0 Å². The summed E-state index contributed by atoms with van der Waals surface area (Å²) in [5.74, 6) is -14.0. The van der Waals surface area contributed by atoms with E-state index >= 15 is 0 Å². The largest absolute Gasteiger partial charge is 0 e. The summed E-state index contributed by atoms with van der Waals surface area (Å²) >= 11 is 0. The molecule has 0 amide bonds. The molecule has 2 aliphatic heterocycles. The molecule has 30 heteroatoms. The monoisotopic (exact) mass is 1090 g/mol. The van der Waals surface area contributed by atoms with Crippen molar-refractivity contribution in [1.82, 2.24) is 0 Å². The number of carboxylic acid groups (broad SMARTS) is 10. The Bertz CT molecular complexity index is 1960. The second-order valence-electron chi connectivity index (χ2n) is 10.8. The maximum absolute atomic E-state index is 10.3. The molecule has 0 aliphatic carbocycles. The van der Waals surface area contributed by atoms with Gasteiger partial charge in [0.25, 0.3) is 0 Å². The molecule has 6 heterocycles. The molecule has 3 atom stereocenters. The Labute approximate surface area is 432 Å². The van der Waals surface area contributed by atoms with Crippen LogP contribution in [0.15, 0.2) is 72.5 Å². The average molecular weight is 1100 g/mol. The third-order valence-electron chi connectivity index (χ3n) is 6.59. The summed E-state index contributed by atoms with van der Waals surface area (Å²) in [5, 5.41) is 83.0. The molecule has 0 aromatic carbocycles. The van der Waals surface area contributed by atoms with E-state index in [1.54, 1.807) is 0 Å². The molecule has 0 radical (unpaired) electrons. The van der Waals surface area contributed by atoms with Gasteiger partial charge in [0, 0.05) is 8.03 Å². The van der Waals surface area contributed by atoms with E-state index in [-0.39, 0.29) is 132 Å². The van der Waals surface area contributed by atoms with Crippen LogP contribution >= 0.6 is 0 Å². The van der Waals surface area contributed by atoms with Gasteiger partial charge in [0.1, 0.15) is 0 Å². The van der Waals surface area contributed by atoms with Crippen molar-refractivity contribution in [3.8, 4) is 0 Å². The molecular weight excluding hydrogens is 1020 g/mol. The predicted molar refractivity (Wildman–Crippen MR) is 261 cm³/mol. The van der Waals surface area contributed by atoms with Crippen LogP contribution in [0.2, 0.25) is 0 Å². The van der Waals surface area contributed by atoms with Crippen LogP contribution in [0.4, 0.5) is 0 Å². The Hall–Kier alpha value is -8.86. The van der Waals surface area contributed by atoms with Crippen molar-refractivity contribution < 1.29 is 148 Å². The van der Waals surface area contributed by atoms with E-state index < -0.39 is 78.0 Å². The van der Waals surface area contributed by atoms with Gasteiger partial charge in [0.05, 0.1) is 6.26 Å². The third-order valence-corrected chi connectivity index (χ3v) is 6.59. The minimum absolute atomic E-state index is 0. The average Bonchev–Trinajstić information content (AvgIpc) is 4.11. The van der Waals surface area contributed by atoms with Gasteiger partial charge in [0.2, 0.25) is 40.3 Å². The Morgan fingerprint density at radius 3 is 0.747 bits per heavy atom. The van der Waals surface area contributed by atoms with Crippen LogP contribution in [0.25, 0.3) is 0 Å². The Balaban J connectivity index is -0.0000000485. The second kappa shape index (κ2) is 53.0. The standard InChI is InChI=1S/C6H8O5.3C6H4O5.C5H8O3.C5H4O3.2CO.9CH4.2H2O.H2/c4*7-5(8)3-1-2-4(11-3)6(9)10;2*6-5(7)4-2-1-3-8-4;2*1-2;;;;;;;;;;;;/h3-4H,1-2H2,(H,7,8)(H,9,10);3*1-2H,(H,7,8)(H,9,10);4H,1-3H2,(H,6,7);1-3H,(H,6,7);;;9*1H4;2*1H2;1H. The number of hydrogen-bond donors (Lipinski definition) is 10. The molecule has 14 N–H and O–H groups in total. The van der Waals surface area contributed by atoms with Gasteiger partial charge >= 0.3 is 82.3 Å². The van der Waals surface area contributed by atoms with E-state index in [9.17, 15) is 47.9 Å². The van der Waals surface area contributed by atoms with Crippen LogP contribution in [0, 0.1) is 13.3 Å². The van der Waals surface area contributed by atoms with Crippen molar-refractivity contribution in [1.29, 1.82) is 0 Å². The maximum Gasteiger partial charge on any atom is 0 e. The third kappa shape index (κ3) is 39.4. The van der Waals surface area contributed by atoms with E-state index in [0.717, 1.165) is 42.8 Å². The van der Waals surface area contributed by atoms with Gasteiger partial charge < -0.3 is 89.2 Å². The quantitative estimate of drug-likeness (QED) is 0.0554. The molecule has 30 nitrogen and oxygen atoms in total. The SMILES string of the molecule is C.C.C.C.C.C.C.C.C.O.O.O=C(O)C1CCC(C(=O)O)O1.O=C(O)C1CCCO1.O=C(O)c1ccc(C(=O)O)o1.O=C(O)c1ccc(C(=O)O)o1.O=C(O)c1ccc(C(=O)O)o1.O=C(O)c1ccco1.[C-]#[O+].[C-]#[O+].[HH]. The van der Waals surface area contributed by atoms with Gasteiger partial charge in [-0.25, -0.2) is 47.9 Å². The van der Waals surface area contributed by atoms with Crippen LogP contribution in [-0.4, -0.2) is 147 Å². The summed E-state index contributed by atoms with van der Waals surface area (Å²) < 4.78 is 42.2. The summed E-state index contributed by atoms with van der Waals surface area (Å²) in [6.45, 7) is 9.61. The first kappa shape index (κ1) is 99.4. The van der Waals surface area contributed by atoms with Crippen LogP contribution in [0.3, 0.4) is 0 Å². The van der Waals surface area contributed by atoms with Crippen molar-refractivity contribution in [2.75, 3.05) is 6.61 Å². The molecule has 434 valence electrons. The molecular formula is C45H74O30. The Kier molecular flexibility index (Phi) is 70.2. The summed E-state index contributed by atoms with van der Waals surface area (Å²) in [6.07, 6.45) is 1.07. The van der Waals surface area contributed by atoms with Crippen LogP contribution in [0.1, 0.15) is 168 Å². The molecule has 0 spiro atoms. The Morgan fingerprint density at radius 2 is 0.640 bits per heavy atom. The van der Waals surface area contributed by atoms with Crippen molar-refractivity contribution in [3.63, 3.8) is 0 Å². The smallest absolute Gasteiger partial charge is 0 e. The first-order chi connectivity index (χ1) is 30.0. The van der Waals surface area contributed by atoms with Crippen molar-refractivity contribution in [2.45, 2.75) is 111 Å². The molecule has 75 heavy (non-hydrogen) atoms. The fourth-order valence-corrected chi connectivity index (χ4v) is 3.88. The Morgan fingerprint density at radius 1 is 0.400 bits per heavy atom. The number of carboxylic acids is 10. The number of ether oxygens (including phenoxy) is 2. The molecule has 2 aliphatic rings. The van der Waals surface area contributed by atoms with Crippen molar-refractivity contribution in [3.05, 3.63) is 108 Å². The van der Waals surface area contributed by atoms with Gasteiger partial charge in [0.15, 0.2) is 18.3 Å². The fraction of sp³-hybridized carbons (Fsp3) is 0.378. The first-order valence-electron chi connectivity index (χ1n) is 16.4. The molecule has 4 aromatic rings. The van der Waals surface area contributed by atoms with Gasteiger partial charge in [-0.2, -0.15) is 0 Å². The van der Waals surface area contributed by atoms with E-state index in [0.29, 0.717) is 13.0 Å². The summed E-state index contributed by atoms with van der Waals surface area (Å²) in [5.41, 5.74) is 0. The van der Waals surface area contributed by atoms with Gasteiger partial charge in [-0.3, -0.25) is 0 Å². The second-order valence-corrected chi connectivity index (χ2v) is 10.8. The zero-order valence-electron chi connectivity index (χ0n) is 32.8. The molecule has 0 saturated carbocycles. The number of rotatable bonds is 10. The minimum atomic E-state index is -1.28. The van der Waals surface area contributed by atoms with Gasteiger partial charge in [-0.05, 0) is 74.2 Å². The fourth-order valence-electron chi connectivity index (χ4n) is 3.88. The summed E-state index contributed by atoms with van der Waals surface area (Å²) in [6, 6.07) is 9.46. The van der Waals surface area contributed by atoms with Crippen LogP contribution < -0.4 is 0 Å². The maximum atomic E-state index is 10.3. The predicted octanol–water partition coefficient (Wildman–Crippen LogP) is 7.21. The number of carbonyl (C=O) groups is 10. The van der Waals surface area contributed by atoms with Gasteiger partial charge in [-0.15, -0.1) is 0 Å². The summed E-state index contributed by atoms with van der Waals surface area (Å²) in [4.78, 5) is 101. The van der Waals surface area contributed by atoms with Crippen LogP contribution in [-0.2, 0) is 33.2 Å². The minimum Gasteiger partial charge on any atom is 0 e. The normalized spacial score (nSPS) is 12.6.